The van der Waals surface area contributed by atoms with Crippen molar-refractivity contribution in [3.8, 4) is 0 Å². The molecule has 1 N–H and O–H groups in total. The highest BCUT2D eigenvalue weighted by atomic mass is 19.4. The standard InChI is InChI=1S/C8H13F3O2/c1-5(2)3-6(4-7(12)13)8(9,10)11/h5-6H,3-4H2,1-2H3,(H,12,13). The first-order valence-electron chi connectivity index (χ1n) is 4.02. The first-order valence-corrected chi connectivity index (χ1v) is 4.02. The number of hydrogen-bond acceptors (Lipinski definition) is 1. The van der Waals surface area contributed by atoms with Gasteiger partial charge in [-0.3, -0.25) is 4.79 Å². The van der Waals surface area contributed by atoms with Gasteiger partial charge in [0.1, 0.15) is 0 Å². The predicted molar refractivity (Wildman–Crippen MR) is 41.3 cm³/mol. The maximum atomic E-state index is 12.2. The van der Waals surface area contributed by atoms with Crippen molar-refractivity contribution in [2.45, 2.75) is 32.9 Å². The first-order chi connectivity index (χ1) is 5.73. The summed E-state index contributed by atoms with van der Waals surface area (Å²) in [5, 5.41) is 8.26. The Morgan fingerprint density at radius 1 is 1.38 bits per heavy atom. The van der Waals surface area contributed by atoms with Crippen LogP contribution in [0.5, 0.6) is 0 Å². The molecule has 1 unspecified atom stereocenters. The van der Waals surface area contributed by atoms with E-state index in [0.29, 0.717) is 0 Å². The fraction of sp³-hybridized carbons (Fsp3) is 0.875. The van der Waals surface area contributed by atoms with Crippen molar-refractivity contribution in [2.24, 2.45) is 11.8 Å². The number of rotatable bonds is 4. The van der Waals surface area contributed by atoms with Crippen molar-refractivity contribution in [1.82, 2.24) is 0 Å². The Hall–Kier alpha value is -0.740. The first kappa shape index (κ1) is 12.3. The lowest BCUT2D eigenvalue weighted by Gasteiger charge is -2.19. The Morgan fingerprint density at radius 2 is 1.85 bits per heavy atom. The summed E-state index contributed by atoms with van der Waals surface area (Å²) in [7, 11) is 0. The van der Waals surface area contributed by atoms with Crippen LogP contribution in [0.15, 0.2) is 0 Å². The highest BCUT2D eigenvalue weighted by Crippen LogP contribution is 2.33. The predicted octanol–water partition coefficient (Wildman–Crippen LogP) is 2.69. The molecule has 0 aromatic rings. The van der Waals surface area contributed by atoms with E-state index in [-0.39, 0.29) is 12.3 Å². The molecule has 78 valence electrons. The quantitative estimate of drug-likeness (QED) is 0.754. The highest BCUT2D eigenvalue weighted by molar-refractivity contribution is 5.67. The molecule has 5 heteroatoms. The molecule has 0 spiro atoms. The number of aliphatic carboxylic acids is 1. The zero-order valence-corrected chi connectivity index (χ0v) is 7.56. The number of carboxylic acid groups (broad SMARTS) is 1. The van der Waals surface area contributed by atoms with Crippen LogP contribution in [0, 0.1) is 11.8 Å². The SMILES string of the molecule is CC(C)CC(CC(=O)O)C(F)(F)F. The number of halogens is 3. The molecule has 0 aliphatic carbocycles. The lowest BCUT2D eigenvalue weighted by atomic mass is 9.94. The van der Waals surface area contributed by atoms with Gasteiger partial charge in [0.2, 0.25) is 0 Å². The fourth-order valence-electron chi connectivity index (χ4n) is 1.11. The van der Waals surface area contributed by atoms with Crippen LogP contribution in [-0.2, 0) is 4.79 Å². The van der Waals surface area contributed by atoms with Gasteiger partial charge in [-0.1, -0.05) is 13.8 Å². The van der Waals surface area contributed by atoms with Gasteiger partial charge in [-0.25, -0.2) is 0 Å². The van der Waals surface area contributed by atoms with Crippen LogP contribution in [0.2, 0.25) is 0 Å². The Morgan fingerprint density at radius 3 is 2.08 bits per heavy atom. The minimum absolute atomic E-state index is 0.129. The summed E-state index contributed by atoms with van der Waals surface area (Å²) in [6, 6.07) is 0. The van der Waals surface area contributed by atoms with E-state index in [0.717, 1.165) is 0 Å². The third kappa shape index (κ3) is 5.49. The van der Waals surface area contributed by atoms with E-state index < -0.39 is 24.5 Å². The average molecular weight is 198 g/mol. The molecule has 0 rings (SSSR count). The second-order valence-electron chi connectivity index (χ2n) is 3.47. The van der Waals surface area contributed by atoms with Crippen molar-refractivity contribution >= 4 is 5.97 Å². The third-order valence-electron chi connectivity index (χ3n) is 1.64. The average Bonchev–Trinajstić information content (AvgIpc) is 1.81. The highest BCUT2D eigenvalue weighted by Gasteiger charge is 2.40. The van der Waals surface area contributed by atoms with E-state index in [4.69, 9.17) is 5.11 Å². The number of alkyl halides is 3. The monoisotopic (exact) mass is 198 g/mol. The maximum absolute atomic E-state index is 12.2. The normalized spacial score (nSPS) is 14.6. The summed E-state index contributed by atoms with van der Waals surface area (Å²) in [6.45, 7) is 3.28. The van der Waals surface area contributed by atoms with E-state index in [1.54, 1.807) is 13.8 Å². The van der Waals surface area contributed by atoms with Crippen molar-refractivity contribution in [2.75, 3.05) is 0 Å². The van der Waals surface area contributed by atoms with Gasteiger partial charge in [-0.15, -0.1) is 0 Å². The molecule has 0 fully saturated rings. The molecule has 0 aliphatic heterocycles. The number of hydrogen-bond donors (Lipinski definition) is 1. The van der Waals surface area contributed by atoms with Gasteiger partial charge in [0.05, 0.1) is 12.3 Å². The largest absolute Gasteiger partial charge is 0.481 e. The molecule has 0 saturated heterocycles. The van der Waals surface area contributed by atoms with Gasteiger partial charge in [-0.05, 0) is 12.3 Å². The Bertz CT molecular complexity index is 175. The minimum atomic E-state index is -4.40. The summed E-state index contributed by atoms with van der Waals surface area (Å²) < 4.78 is 36.5. The summed E-state index contributed by atoms with van der Waals surface area (Å²) in [5.41, 5.74) is 0. The van der Waals surface area contributed by atoms with Gasteiger partial charge in [0.25, 0.3) is 0 Å². The smallest absolute Gasteiger partial charge is 0.392 e. The molecule has 0 saturated carbocycles. The van der Waals surface area contributed by atoms with Crippen LogP contribution >= 0.6 is 0 Å². The Balaban J connectivity index is 4.28. The van der Waals surface area contributed by atoms with E-state index in [9.17, 15) is 18.0 Å². The molecular weight excluding hydrogens is 185 g/mol. The molecular formula is C8H13F3O2. The summed E-state index contributed by atoms with van der Waals surface area (Å²) in [5.74, 6) is -3.26. The Labute approximate surface area is 74.7 Å². The summed E-state index contributed by atoms with van der Waals surface area (Å²) >= 11 is 0. The second kappa shape index (κ2) is 4.48. The lowest BCUT2D eigenvalue weighted by Crippen LogP contribution is -2.26. The molecule has 0 aliphatic rings. The summed E-state index contributed by atoms with van der Waals surface area (Å²) in [4.78, 5) is 10.1. The zero-order valence-electron chi connectivity index (χ0n) is 7.56. The van der Waals surface area contributed by atoms with Crippen molar-refractivity contribution in [1.29, 1.82) is 0 Å². The van der Waals surface area contributed by atoms with Crippen LogP contribution in [0.4, 0.5) is 13.2 Å². The zero-order chi connectivity index (χ0) is 10.6. The van der Waals surface area contributed by atoms with E-state index in [1.807, 2.05) is 0 Å². The minimum Gasteiger partial charge on any atom is -0.481 e. The van der Waals surface area contributed by atoms with Crippen molar-refractivity contribution in [3.05, 3.63) is 0 Å². The summed E-state index contributed by atoms with van der Waals surface area (Å²) in [6.07, 6.45) is -5.36. The molecule has 0 aromatic carbocycles. The molecule has 1 atom stereocenters. The van der Waals surface area contributed by atoms with Crippen molar-refractivity contribution in [3.63, 3.8) is 0 Å². The van der Waals surface area contributed by atoms with E-state index in [1.165, 1.54) is 0 Å². The fourth-order valence-corrected chi connectivity index (χ4v) is 1.11. The molecule has 0 heterocycles. The molecule has 0 bridgehead atoms. The van der Waals surface area contributed by atoms with Crippen LogP contribution in [0.3, 0.4) is 0 Å². The maximum Gasteiger partial charge on any atom is 0.392 e. The molecule has 13 heavy (non-hydrogen) atoms. The van der Waals surface area contributed by atoms with Crippen LogP contribution in [0.1, 0.15) is 26.7 Å². The number of carbonyl (C=O) groups is 1. The van der Waals surface area contributed by atoms with Crippen LogP contribution in [-0.4, -0.2) is 17.3 Å². The lowest BCUT2D eigenvalue weighted by molar-refractivity contribution is -0.186. The molecule has 2 nitrogen and oxygen atoms in total. The number of carboxylic acids is 1. The molecule has 0 amide bonds. The van der Waals surface area contributed by atoms with Gasteiger partial charge in [0.15, 0.2) is 0 Å². The van der Waals surface area contributed by atoms with Crippen LogP contribution in [0.25, 0.3) is 0 Å². The van der Waals surface area contributed by atoms with E-state index >= 15 is 0 Å². The Kier molecular flexibility index (Phi) is 4.23. The molecule has 0 aromatic heterocycles. The molecule has 0 radical (unpaired) electrons. The third-order valence-corrected chi connectivity index (χ3v) is 1.64. The van der Waals surface area contributed by atoms with Gasteiger partial charge in [-0.2, -0.15) is 13.2 Å². The topological polar surface area (TPSA) is 37.3 Å². The van der Waals surface area contributed by atoms with Gasteiger partial charge in [0, 0.05) is 0 Å². The van der Waals surface area contributed by atoms with Crippen molar-refractivity contribution < 1.29 is 23.1 Å². The second-order valence-corrected chi connectivity index (χ2v) is 3.47. The van der Waals surface area contributed by atoms with E-state index in [2.05, 4.69) is 0 Å². The van der Waals surface area contributed by atoms with Gasteiger partial charge < -0.3 is 5.11 Å². The van der Waals surface area contributed by atoms with Gasteiger partial charge >= 0.3 is 12.1 Å². The van der Waals surface area contributed by atoms with Crippen LogP contribution < -0.4 is 0 Å².